The van der Waals surface area contributed by atoms with Gasteiger partial charge in [-0.15, -0.1) is 0 Å². The summed E-state index contributed by atoms with van der Waals surface area (Å²) < 4.78 is 5.91. The largest absolute Gasteiger partial charge is 0.459 e. The third-order valence-electron chi connectivity index (χ3n) is 8.46. The van der Waals surface area contributed by atoms with Crippen LogP contribution in [0.4, 0.5) is 0 Å². The molecule has 0 N–H and O–H groups in total. The zero-order chi connectivity index (χ0) is 33.6. The van der Waals surface area contributed by atoms with Crippen molar-refractivity contribution >= 4 is 5.97 Å². The summed E-state index contributed by atoms with van der Waals surface area (Å²) in [4.78, 5) is 14.5. The van der Waals surface area contributed by atoms with E-state index >= 15 is 0 Å². The Bertz CT molecular complexity index is 728. The molecule has 0 aliphatic heterocycles. The van der Waals surface area contributed by atoms with Gasteiger partial charge in [-0.1, -0.05) is 146 Å². The number of rotatable bonds is 34. The Balaban J connectivity index is 4.05. The molecule has 3 nitrogen and oxygen atoms in total. The fourth-order valence-corrected chi connectivity index (χ4v) is 5.55. The summed E-state index contributed by atoms with van der Waals surface area (Å²) in [5, 5.41) is 0. The highest BCUT2D eigenvalue weighted by Gasteiger charge is 2.12. The van der Waals surface area contributed by atoms with Crippen LogP contribution in [0.2, 0.25) is 0 Å². The Hall–Kier alpha value is -1.87. The quantitative estimate of drug-likeness (QED) is 0.0304. The third-order valence-corrected chi connectivity index (χ3v) is 8.46. The number of hydrogen-bond acceptors (Lipinski definition) is 3. The number of carbonyl (C=O) groups is 1. The number of ether oxygens (including phenoxy) is 1. The van der Waals surface area contributed by atoms with Gasteiger partial charge in [-0.2, -0.15) is 0 Å². The molecule has 0 amide bonds. The van der Waals surface area contributed by atoms with Gasteiger partial charge >= 0.3 is 5.97 Å². The summed E-state index contributed by atoms with van der Waals surface area (Å²) in [5.74, 6) is -0.174. The minimum absolute atomic E-state index is 0.0631. The number of unbranched alkanes of at least 4 members (excludes halogenated alkanes) is 18. The molecule has 0 aliphatic carbocycles. The van der Waals surface area contributed by atoms with E-state index in [1.807, 2.05) is 20.2 Å². The highest BCUT2D eigenvalue weighted by atomic mass is 16.5. The minimum Gasteiger partial charge on any atom is -0.459 e. The monoisotopic (exact) mass is 640 g/mol. The summed E-state index contributed by atoms with van der Waals surface area (Å²) in [7, 11) is 4.02. The molecule has 0 saturated heterocycles. The van der Waals surface area contributed by atoms with E-state index in [1.165, 1.54) is 128 Å². The van der Waals surface area contributed by atoms with Crippen LogP contribution in [0.15, 0.2) is 60.8 Å². The molecule has 0 atom stereocenters. The molecule has 0 spiro atoms. The van der Waals surface area contributed by atoms with Crippen LogP contribution < -0.4 is 0 Å². The summed E-state index contributed by atoms with van der Waals surface area (Å²) in [6, 6.07) is 0. The van der Waals surface area contributed by atoms with Crippen LogP contribution in [0.25, 0.3) is 0 Å². The second-order valence-corrected chi connectivity index (χ2v) is 13.5. The summed E-state index contributed by atoms with van der Waals surface area (Å²) in [5.41, 5.74) is 0. The van der Waals surface area contributed by atoms with Gasteiger partial charge in [0.15, 0.2) is 0 Å². The number of nitrogens with zero attached hydrogens (tertiary/aromatic N) is 1. The van der Waals surface area contributed by atoms with E-state index in [9.17, 15) is 4.79 Å². The highest BCUT2D eigenvalue weighted by Crippen LogP contribution is 2.18. The van der Waals surface area contributed by atoms with Crippen molar-refractivity contribution in [3.8, 4) is 0 Å². The molecule has 3 heteroatoms. The van der Waals surface area contributed by atoms with E-state index in [4.69, 9.17) is 4.74 Å². The Morgan fingerprint density at radius 1 is 0.500 bits per heavy atom. The van der Waals surface area contributed by atoms with Gasteiger partial charge in [0.1, 0.15) is 6.10 Å². The van der Waals surface area contributed by atoms with Gasteiger partial charge in [0.2, 0.25) is 0 Å². The Labute approximate surface area is 288 Å². The molecular weight excluding hydrogens is 562 g/mol. The van der Waals surface area contributed by atoms with Crippen molar-refractivity contribution in [1.82, 2.24) is 4.90 Å². The first kappa shape index (κ1) is 44.1. The zero-order valence-electron chi connectivity index (χ0n) is 31.2. The molecular formula is C43H77NO2. The van der Waals surface area contributed by atoms with Crippen molar-refractivity contribution in [2.45, 2.75) is 187 Å². The zero-order valence-corrected chi connectivity index (χ0v) is 31.2. The molecule has 0 saturated carbocycles. The van der Waals surface area contributed by atoms with Crippen LogP contribution in [0, 0.1) is 0 Å². The predicted molar refractivity (Wildman–Crippen MR) is 206 cm³/mol. The lowest BCUT2D eigenvalue weighted by atomic mass is 10.0. The van der Waals surface area contributed by atoms with Gasteiger partial charge in [-0.05, 0) is 104 Å². The van der Waals surface area contributed by atoms with Crippen LogP contribution in [0.3, 0.4) is 0 Å². The summed E-state index contributed by atoms with van der Waals surface area (Å²) in [6.45, 7) is 5.28. The molecule has 0 aromatic carbocycles. The smallest absolute Gasteiger partial charge is 0.330 e. The van der Waals surface area contributed by atoms with Gasteiger partial charge in [0, 0.05) is 12.6 Å². The Morgan fingerprint density at radius 3 is 1.26 bits per heavy atom. The normalized spacial score (nSPS) is 13.2. The van der Waals surface area contributed by atoms with E-state index < -0.39 is 0 Å². The highest BCUT2D eigenvalue weighted by molar-refractivity contribution is 5.82. The van der Waals surface area contributed by atoms with Crippen molar-refractivity contribution in [3.05, 3.63) is 60.8 Å². The SMILES string of the molecule is CCCCCC=CCC=CCCCCCCCCC(CCCCCCCCC=CCC=CCCCCC)OC(=O)C=CCN(C)C. The second kappa shape index (κ2) is 37.6. The van der Waals surface area contributed by atoms with Crippen LogP contribution >= 0.6 is 0 Å². The number of esters is 1. The molecule has 46 heavy (non-hydrogen) atoms. The van der Waals surface area contributed by atoms with E-state index in [1.54, 1.807) is 6.08 Å². The Morgan fingerprint density at radius 2 is 0.870 bits per heavy atom. The molecule has 266 valence electrons. The molecule has 0 bridgehead atoms. The molecule has 0 radical (unpaired) electrons. The van der Waals surface area contributed by atoms with Gasteiger partial charge in [-0.3, -0.25) is 0 Å². The van der Waals surface area contributed by atoms with E-state index in [-0.39, 0.29) is 12.1 Å². The van der Waals surface area contributed by atoms with Gasteiger partial charge in [-0.25, -0.2) is 4.79 Å². The topological polar surface area (TPSA) is 29.5 Å². The number of likely N-dealkylation sites (N-methyl/N-ethyl adjacent to an activating group) is 1. The van der Waals surface area contributed by atoms with Gasteiger partial charge < -0.3 is 9.64 Å². The Kier molecular flexibility index (Phi) is 36.1. The lowest BCUT2D eigenvalue weighted by Crippen LogP contribution is -2.17. The van der Waals surface area contributed by atoms with E-state index in [0.29, 0.717) is 0 Å². The molecule has 0 unspecified atom stereocenters. The van der Waals surface area contributed by atoms with E-state index in [0.717, 1.165) is 45.1 Å². The average Bonchev–Trinajstić information content (AvgIpc) is 3.04. The van der Waals surface area contributed by atoms with Crippen molar-refractivity contribution < 1.29 is 9.53 Å². The lowest BCUT2D eigenvalue weighted by Gasteiger charge is -2.17. The average molecular weight is 640 g/mol. The molecule has 0 fully saturated rings. The van der Waals surface area contributed by atoms with Crippen molar-refractivity contribution in [3.63, 3.8) is 0 Å². The molecule has 0 aromatic heterocycles. The van der Waals surface area contributed by atoms with E-state index in [2.05, 4.69) is 67.4 Å². The number of allylic oxidation sites excluding steroid dienone is 8. The minimum atomic E-state index is -0.174. The van der Waals surface area contributed by atoms with Gasteiger partial charge in [0.25, 0.3) is 0 Å². The van der Waals surface area contributed by atoms with Crippen LogP contribution in [-0.4, -0.2) is 37.6 Å². The molecule has 0 aliphatic rings. The fourth-order valence-electron chi connectivity index (χ4n) is 5.55. The first-order valence-electron chi connectivity index (χ1n) is 19.7. The lowest BCUT2D eigenvalue weighted by molar-refractivity contribution is -0.143. The van der Waals surface area contributed by atoms with Crippen molar-refractivity contribution in [2.24, 2.45) is 0 Å². The number of hydrogen-bond donors (Lipinski definition) is 0. The maximum absolute atomic E-state index is 12.4. The number of carbonyl (C=O) groups excluding carboxylic acids is 1. The molecule has 0 heterocycles. The maximum Gasteiger partial charge on any atom is 0.330 e. The van der Waals surface area contributed by atoms with Crippen LogP contribution in [0.5, 0.6) is 0 Å². The third kappa shape index (κ3) is 36.6. The molecule has 0 aromatic rings. The summed E-state index contributed by atoms with van der Waals surface area (Å²) >= 11 is 0. The predicted octanol–water partition coefficient (Wildman–Crippen LogP) is 13.4. The maximum atomic E-state index is 12.4. The van der Waals surface area contributed by atoms with Gasteiger partial charge in [0.05, 0.1) is 0 Å². The van der Waals surface area contributed by atoms with Crippen LogP contribution in [-0.2, 0) is 9.53 Å². The standard InChI is InChI=1S/C43H77NO2/c1-5-7-9-11-13-15-17-19-21-23-25-27-29-31-33-35-38-42(46-43(45)40-37-41-44(3)4)39-36-34-32-30-28-26-24-22-20-18-16-14-12-10-8-6-2/h13-16,19-22,37,40,42H,5-12,17-18,23-36,38-39,41H2,1-4H3. The van der Waals surface area contributed by atoms with Crippen LogP contribution in [0.1, 0.15) is 181 Å². The fraction of sp³-hybridized carbons (Fsp3) is 0.744. The second-order valence-electron chi connectivity index (χ2n) is 13.5. The summed E-state index contributed by atoms with van der Waals surface area (Å²) in [6.07, 6.45) is 54.5. The van der Waals surface area contributed by atoms with Crippen molar-refractivity contribution in [1.29, 1.82) is 0 Å². The van der Waals surface area contributed by atoms with Crippen molar-refractivity contribution in [2.75, 3.05) is 20.6 Å². The first-order valence-corrected chi connectivity index (χ1v) is 19.7. The molecule has 0 rings (SSSR count). The first-order chi connectivity index (χ1) is 22.6.